The summed E-state index contributed by atoms with van der Waals surface area (Å²) < 4.78 is 19.4. The fourth-order valence-corrected chi connectivity index (χ4v) is 3.39. The highest BCUT2D eigenvalue weighted by atomic mass is 19.1. The molecule has 1 saturated heterocycles. The second kappa shape index (κ2) is 7.46. The normalized spacial score (nSPS) is 17.5. The van der Waals surface area contributed by atoms with Gasteiger partial charge in [-0.15, -0.1) is 0 Å². The van der Waals surface area contributed by atoms with Crippen LogP contribution in [0.3, 0.4) is 0 Å². The lowest BCUT2D eigenvalue weighted by atomic mass is 10.1. The molecule has 0 saturated carbocycles. The van der Waals surface area contributed by atoms with Crippen LogP contribution in [0.2, 0.25) is 0 Å². The second-order valence-corrected chi connectivity index (χ2v) is 6.90. The minimum atomic E-state index is -0.808. The first-order chi connectivity index (χ1) is 13.9. The van der Waals surface area contributed by atoms with E-state index in [0.29, 0.717) is 10.9 Å². The van der Waals surface area contributed by atoms with E-state index in [1.807, 2.05) is 0 Å². The molecule has 1 aliphatic heterocycles. The van der Waals surface area contributed by atoms with Gasteiger partial charge in [0.15, 0.2) is 11.9 Å². The summed E-state index contributed by atoms with van der Waals surface area (Å²) in [5, 5.41) is 0.441. The van der Waals surface area contributed by atoms with Crippen LogP contribution in [0, 0.1) is 11.7 Å². The van der Waals surface area contributed by atoms with E-state index < -0.39 is 23.8 Å². The molecule has 29 heavy (non-hydrogen) atoms. The third-order valence-corrected chi connectivity index (χ3v) is 4.91. The fraction of sp³-hybridized carbons (Fsp3) is 0.238. The van der Waals surface area contributed by atoms with E-state index in [9.17, 15) is 18.8 Å². The molecular formula is C21H18FN3O4. The van der Waals surface area contributed by atoms with Gasteiger partial charge in [0.1, 0.15) is 5.82 Å². The number of esters is 1. The molecule has 2 atom stereocenters. The first-order valence-electron chi connectivity index (χ1n) is 9.18. The van der Waals surface area contributed by atoms with Gasteiger partial charge in [0.05, 0.1) is 22.5 Å². The zero-order chi connectivity index (χ0) is 20.5. The number of hydrogen-bond acceptors (Lipinski definition) is 5. The molecule has 1 aromatic heterocycles. The van der Waals surface area contributed by atoms with Gasteiger partial charge in [-0.25, -0.2) is 9.37 Å². The molecule has 1 fully saturated rings. The summed E-state index contributed by atoms with van der Waals surface area (Å²) in [4.78, 5) is 45.3. The van der Waals surface area contributed by atoms with Crippen molar-refractivity contribution in [1.29, 1.82) is 0 Å². The van der Waals surface area contributed by atoms with Crippen LogP contribution >= 0.6 is 0 Å². The summed E-state index contributed by atoms with van der Waals surface area (Å²) >= 11 is 0. The van der Waals surface area contributed by atoms with Crippen LogP contribution in [0.1, 0.15) is 25.3 Å². The van der Waals surface area contributed by atoms with Gasteiger partial charge < -0.3 is 14.6 Å². The second-order valence-electron chi connectivity index (χ2n) is 6.90. The van der Waals surface area contributed by atoms with Crippen LogP contribution < -0.4 is 10.5 Å². The Labute approximate surface area is 165 Å². The number of rotatable bonds is 4. The van der Waals surface area contributed by atoms with Crippen LogP contribution in [0.5, 0.6) is 0 Å². The minimum Gasteiger partial charge on any atom is -0.454 e. The summed E-state index contributed by atoms with van der Waals surface area (Å²) in [7, 11) is 0. The smallest absolute Gasteiger partial charge is 0.311 e. The molecule has 0 aliphatic carbocycles. The maximum atomic E-state index is 14.0. The maximum absolute atomic E-state index is 14.0. The summed E-state index contributed by atoms with van der Waals surface area (Å²) in [5.74, 6) is -1.97. The zero-order valence-corrected chi connectivity index (χ0v) is 15.6. The average Bonchev–Trinajstić information content (AvgIpc) is 3.10. The van der Waals surface area contributed by atoms with Crippen molar-refractivity contribution in [1.82, 2.24) is 9.97 Å². The third kappa shape index (κ3) is 3.61. The lowest BCUT2D eigenvalue weighted by molar-refractivity contribution is -0.153. The number of H-pyrrole nitrogens is 1. The summed E-state index contributed by atoms with van der Waals surface area (Å²) in [6, 6.07) is 12.8. The van der Waals surface area contributed by atoms with Crippen LogP contribution in [0.4, 0.5) is 10.1 Å². The molecule has 0 bridgehead atoms. The first-order valence-corrected chi connectivity index (χ1v) is 9.18. The van der Waals surface area contributed by atoms with Gasteiger partial charge in [-0.05, 0) is 31.2 Å². The summed E-state index contributed by atoms with van der Waals surface area (Å²) in [6.07, 6.45) is -0.876. The SMILES string of the molecule is C[C@H](OC(=O)[C@H]1CC(=O)N(c2ccccc2F)C1)c1nc2ccccc2c(=O)[nH]1. The number of aromatic amines is 1. The molecule has 1 amide bonds. The van der Waals surface area contributed by atoms with E-state index in [4.69, 9.17) is 4.74 Å². The number of carbonyl (C=O) groups excluding carboxylic acids is 2. The van der Waals surface area contributed by atoms with E-state index >= 15 is 0 Å². The van der Waals surface area contributed by atoms with Crippen molar-refractivity contribution in [3.8, 4) is 0 Å². The Kier molecular flexibility index (Phi) is 4.84. The number of halogens is 1. The lowest BCUT2D eigenvalue weighted by Gasteiger charge is -2.18. The van der Waals surface area contributed by atoms with Crippen molar-refractivity contribution in [2.75, 3.05) is 11.4 Å². The van der Waals surface area contributed by atoms with E-state index in [1.165, 1.54) is 23.1 Å². The highest BCUT2D eigenvalue weighted by molar-refractivity contribution is 5.99. The van der Waals surface area contributed by atoms with Crippen molar-refractivity contribution in [2.45, 2.75) is 19.4 Å². The number of carbonyl (C=O) groups is 2. The Bertz CT molecular complexity index is 1160. The largest absolute Gasteiger partial charge is 0.454 e. The lowest BCUT2D eigenvalue weighted by Crippen LogP contribution is -2.27. The predicted molar refractivity (Wildman–Crippen MR) is 104 cm³/mol. The quantitative estimate of drug-likeness (QED) is 0.686. The van der Waals surface area contributed by atoms with Crippen LogP contribution in [0.15, 0.2) is 53.3 Å². The molecule has 148 valence electrons. The van der Waals surface area contributed by atoms with Gasteiger partial charge in [0, 0.05) is 13.0 Å². The Morgan fingerprint density at radius 3 is 2.72 bits per heavy atom. The average molecular weight is 395 g/mol. The van der Waals surface area contributed by atoms with Crippen LogP contribution in [0.25, 0.3) is 10.9 Å². The van der Waals surface area contributed by atoms with Crippen molar-refractivity contribution in [3.05, 3.63) is 70.5 Å². The van der Waals surface area contributed by atoms with Gasteiger partial charge in [-0.2, -0.15) is 0 Å². The van der Waals surface area contributed by atoms with E-state index in [-0.39, 0.29) is 35.9 Å². The molecule has 0 spiro atoms. The molecule has 7 nitrogen and oxygen atoms in total. The Hall–Kier alpha value is -3.55. The van der Waals surface area contributed by atoms with E-state index in [2.05, 4.69) is 9.97 Å². The summed E-state index contributed by atoms with van der Waals surface area (Å²) in [6.45, 7) is 1.63. The Morgan fingerprint density at radius 1 is 1.21 bits per heavy atom. The van der Waals surface area contributed by atoms with Gasteiger partial charge in [-0.3, -0.25) is 14.4 Å². The van der Waals surface area contributed by atoms with Gasteiger partial charge in [-0.1, -0.05) is 24.3 Å². The monoisotopic (exact) mass is 395 g/mol. The van der Waals surface area contributed by atoms with E-state index in [0.717, 1.165) is 0 Å². The van der Waals surface area contributed by atoms with Crippen molar-refractivity contribution in [3.63, 3.8) is 0 Å². The van der Waals surface area contributed by atoms with Crippen LogP contribution in [-0.4, -0.2) is 28.4 Å². The number of amides is 1. The van der Waals surface area contributed by atoms with E-state index in [1.54, 1.807) is 37.3 Å². The number of hydrogen-bond donors (Lipinski definition) is 1. The third-order valence-electron chi connectivity index (χ3n) is 4.91. The van der Waals surface area contributed by atoms with Gasteiger partial charge in [0.2, 0.25) is 5.91 Å². The minimum absolute atomic E-state index is 0.0347. The molecule has 8 heteroatoms. The molecule has 1 aliphatic rings. The van der Waals surface area contributed by atoms with Gasteiger partial charge in [0.25, 0.3) is 5.56 Å². The highest BCUT2D eigenvalue weighted by Gasteiger charge is 2.37. The fourth-order valence-electron chi connectivity index (χ4n) is 3.39. The number of fused-ring (bicyclic) bond motifs is 1. The number of nitrogens with one attached hydrogen (secondary N) is 1. The van der Waals surface area contributed by atoms with Gasteiger partial charge >= 0.3 is 5.97 Å². The zero-order valence-electron chi connectivity index (χ0n) is 15.6. The molecule has 2 aromatic carbocycles. The first kappa shape index (κ1) is 18.8. The van der Waals surface area contributed by atoms with Crippen molar-refractivity contribution in [2.24, 2.45) is 5.92 Å². The molecule has 0 radical (unpaired) electrons. The Balaban J connectivity index is 1.49. The number of para-hydroxylation sites is 2. The van der Waals surface area contributed by atoms with Crippen LogP contribution in [-0.2, 0) is 14.3 Å². The number of benzene rings is 2. The standard InChI is InChI=1S/C21H18FN3O4/c1-12(19-23-16-8-4-2-6-14(16)20(27)24-19)29-21(28)13-10-18(26)25(11-13)17-9-5-3-7-15(17)22/h2-9,12-13H,10-11H2,1H3,(H,23,24,27)/t12-,13-/m0/s1. The number of aromatic nitrogens is 2. The molecule has 0 unspecified atom stereocenters. The maximum Gasteiger partial charge on any atom is 0.311 e. The number of ether oxygens (including phenoxy) is 1. The number of anilines is 1. The predicted octanol–water partition coefficient (Wildman–Crippen LogP) is 2.72. The number of nitrogens with zero attached hydrogens (tertiary/aromatic N) is 2. The topological polar surface area (TPSA) is 92.4 Å². The molecule has 2 heterocycles. The Morgan fingerprint density at radius 2 is 1.93 bits per heavy atom. The molecule has 4 rings (SSSR count). The highest BCUT2D eigenvalue weighted by Crippen LogP contribution is 2.29. The molecule has 1 N–H and O–H groups in total. The summed E-state index contributed by atoms with van der Waals surface area (Å²) in [5.41, 5.74) is 0.313. The molecular weight excluding hydrogens is 377 g/mol. The van der Waals surface area contributed by atoms with Crippen molar-refractivity contribution >= 4 is 28.5 Å². The molecule has 3 aromatic rings. The van der Waals surface area contributed by atoms with Crippen molar-refractivity contribution < 1.29 is 18.7 Å².